The second-order valence-corrected chi connectivity index (χ2v) is 5.56. The summed E-state index contributed by atoms with van der Waals surface area (Å²) in [5.41, 5.74) is 1.06. The molecule has 0 saturated carbocycles. The van der Waals surface area contributed by atoms with Gasteiger partial charge in [-0.2, -0.15) is 0 Å². The van der Waals surface area contributed by atoms with Crippen molar-refractivity contribution in [2.45, 2.75) is 32.4 Å². The molecular formula is C16H23FN2O2. The molecule has 1 aromatic carbocycles. The van der Waals surface area contributed by atoms with Crippen LogP contribution in [-0.2, 0) is 16.0 Å². The number of amides is 1. The fraction of sp³-hybridized carbons (Fsp3) is 0.562. The van der Waals surface area contributed by atoms with Crippen molar-refractivity contribution in [1.29, 1.82) is 0 Å². The van der Waals surface area contributed by atoms with Crippen molar-refractivity contribution in [3.8, 4) is 0 Å². The van der Waals surface area contributed by atoms with E-state index in [4.69, 9.17) is 4.74 Å². The predicted octanol–water partition coefficient (Wildman–Crippen LogP) is 1.59. The van der Waals surface area contributed by atoms with Gasteiger partial charge in [0.05, 0.1) is 19.3 Å². The monoisotopic (exact) mass is 294 g/mol. The molecule has 0 radical (unpaired) electrons. The summed E-state index contributed by atoms with van der Waals surface area (Å²) in [6, 6.07) is 6.41. The standard InChI is InChI=1S/C16H23FN2O2/c1-12(11-14-3-5-15(17)6-4-14)18-13(2)16(20)19-7-9-21-10-8-19/h3-6,12-13,18H,7-11H2,1-2H3. The topological polar surface area (TPSA) is 41.6 Å². The summed E-state index contributed by atoms with van der Waals surface area (Å²) in [5, 5.41) is 3.31. The van der Waals surface area contributed by atoms with E-state index in [1.165, 1.54) is 12.1 Å². The lowest BCUT2D eigenvalue weighted by Crippen LogP contribution is -2.51. The maximum atomic E-state index is 12.9. The lowest BCUT2D eigenvalue weighted by molar-refractivity contribution is -0.137. The summed E-state index contributed by atoms with van der Waals surface area (Å²) >= 11 is 0. The quantitative estimate of drug-likeness (QED) is 0.897. The van der Waals surface area contributed by atoms with E-state index < -0.39 is 0 Å². The van der Waals surface area contributed by atoms with Crippen molar-refractivity contribution < 1.29 is 13.9 Å². The first-order valence-corrected chi connectivity index (χ1v) is 7.43. The second kappa shape index (κ2) is 7.52. The van der Waals surface area contributed by atoms with Gasteiger partial charge in [-0.15, -0.1) is 0 Å². The summed E-state index contributed by atoms with van der Waals surface area (Å²) in [6.45, 7) is 6.48. The summed E-state index contributed by atoms with van der Waals surface area (Å²) < 4.78 is 18.1. The molecule has 2 rings (SSSR count). The highest BCUT2D eigenvalue weighted by molar-refractivity contribution is 5.81. The Morgan fingerprint density at radius 3 is 2.52 bits per heavy atom. The number of hydrogen-bond acceptors (Lipinski definition) is 3. The van der Waals surface area contributed by atoms with Crippen LogP contribution in [0.25, 0.3) is 0 Å². The number of ether oxygens (including phenoxy) is 1. The maximum absolute atomic E-state index is 12.9. The molecule has 2 atom stereocenters. The Morgan fingerprint density at radius 2 is 1.90 bits per heavy atom. The molecule has 116 valence electrons. The molecule has 1 heterocycles. The van der Waals surface area contributed by atoms with Crippen LogP contribution in [0.3, 0.4) is 0 Å². The number of carbonyl (C=O) groups excluding carboxylic acids is 1. The molecule has 1 aliphatic rings. The van der Waals surface area contributed by atoms with Crippen LogP contribution in [-0.4, -0.2) is 49.2 Å². The van der Waals surface area contributed by atoms with E-state index in [2.05, 4.69) is 5.32 Å². The minimum atomic E-state index is -0.227. The third-order valence-corrected chi connectivity index (χ3v) is 3.68. The van der Waals surface area contributed by atoms with Gasteiger partial charge < -0.3 is 15.0 Å². The molecule has 1 N–H and O–H groups in total. The van der Waals surface area contributed by atoms with Gasteiger partial charge in [0.1, 0.15) is 5.82 Å². The highest BCUT2D eigenvalue weighted by Gasteiger charge is 2.23. The van der Waals surface area contributed by atoms with Crippen LogP contribution >= 0.6 is 0 Å². The molecule has 0 spiro atoms. The molecule has 1 fully saturated rings. The molecule has 21 heavy (non-hydrogen) atoms. The number of carbonyl (C=O) groups is 1. The third kappa shape index (κ3) is 4.79. The Balaban J connectivity index is 1.82. The van der Waals surface area contributed by atoms with Crippen molar-refractivity contribution in [2.75, 3.05) is 26.3 Å². The second-order valence-electron chi connectivity index (χ2n) is 5.56. The van der Waals surface area contributed by atoms with Crippen molar-refractivity contribution >= 4 is 5.91 Å². The van der Waals surface area contributed by atoms with Crippen LogP contribution < -0.4 is 5.32 Å². The van der Waals surface area contributed by atoms with Crippen molar-refractivity contribution in [3.63, 3.8) is 0 Å². The molecule has 1 amide bonds. The van der Waals surface area contributed by atoms with E-state index in [1.54, 1.807) is 12.1 Å². The zero-order valence-corrected chi connectivity index (χ0v) is 12.6. The largest absolute Gasteiger partial charge is 0.378 e. The molecular weight excluding hydrogens is 271 g/mol. The van der Waals surface area contributed by atoms with Gasteiger partial charge >= 0.3 is 0 Å². The third-order valence-electron chi connectivity index (χ3n) is 3.68. The Bertz CT molecular complexity index is 458. The minimum absolute atomic E-state index is 0.115. The number of morpholine rings is 1. The van der Waals surface area contributed by atoms with Gasteiger partial charge in [0.2, 0.25) is 5.91 Å². The molecule has 1 aliphatic heterocycles. The SMILES string of the molecule is CC(Cc1ccc(F)cc1)NC(C)C(=O)N1CCOCC1. The van der Waals surface area contributed by atoms with Gasteiger partial charge in [-0.3, -0.25) is 4.79 Å². The van der Waals surface area contributed by atoms with Gasteiger partial charge in [-0.25, -0.2) is 4.39 Å². The molecule has 0 aliphatic carbocycles. The smallest absolute Gasteiger partial charge is 0.239 e. The first-order valence-electron chi connectivity index (χ1n) is 7.43. The molecule has 0 aromatic heterocycles. The number of halogens is 1. The Morgan fingerprint density at radius 1 is 1.29 bits per heavy atom. The Hall–Kier alpha value is -1.46. The molecule has 2 unspecified atom stereocenters. The Kier molecular flexibility index (Phi) is 5.70. The molecule has 0 bridgehead atoms. The van der Waals surface area contributed by atoms with Crippen LogP contribution in [0.5, 0.6) is 0 Å². The fourth-order valence-electron chi connectivity index (χ4n) is 2.59. The van der Waals surface area contributed by atoms with E-state index in [0.29, 0.717) is 26.3 Å². The van der Waals surface area contributed by atoms with Crippen LogP contribution in [0.2, 0.25) is 0 Å². The van der Waals surface area contributed by atoms with E-state index in [9.17, 15) is 9.18 Å². The fourth-order valence-corrected chi connectivity index (χ4v) is 2.59. The predicted molar refractivity (Wildman–Crippen MR) is 79.6 cm³/mol. The van der Waals surface area contributed by atoms with Crippen LogP contribution in [0, 0.1) is 5.82 Å². The van der Waals surface area contributed by atoms with Crippen molar-refractivity contribution in [2.24, 2.45) is 0 Å². The first kappa shape index (κ1) is 15.9. The Labute approximate surface area is 125 Å². The maximum Gasteiger partial charge on any atom is 0.239 e. The van der Waals surface area contributed by atoms with Gasteiger partial charge in [-0.05, 0) is 38.0 Å². The van der Waals surface area contributed by atoms with Crippen LogP contribution in [0.15, 0.2) is 24.3 Å². The average molecular weight is 294 g/mol. The summed E-state index contributed by atoms with van der Waals surface area (Å²) in [6.07, 6.45) is 0.765. The summed E-state index contributed by atoms with van der Waals surface area (Å²) in [7, 11) is 0. The van der Waals surface area contributed by atoms with E-state index in [0.717, 1.165) is 12.0 Å². The van der Waals surface area contributed by atoms with Crippen LogP contribution in [0.1, 0.15) is 19.4 Å². The number of nitrogens with zero attached hydrogens (tertiary/aromatic N) is 1. The molecule has 1 saturated heterocycles. The minimum Gasteiger partial charge on any atom is -0.378 e. The number of rotatable bonds is 5. The lowest BCUT2D eigenvalue weighted by atomic mass is 10.1. The van der Waals surface area contributed by atoms with Gasteiger partial charge in [0.25, 0.3) is 0 Å². The normalized spacial score (nSPS) is 18.3. The molecule has 1 aromatic rings. The lowest BCUT2D eigenvalue weighted by Gasteiger charge is -2.30. The highest BCUT2D eigenvalue weighted by atomic mass is 19.1. The van der Waals surface area contributed by atoms with Crippen molar-refractivity contribution in [3.05, 3.63) is 35.6 Å². The van der Waals surface area contributed by atoms with E-state index in [1.807, 2.05) is 18.7 Å². The number of benzene rings is 1. The number of nitrogens with one attached hydrogen (secondary N) is 1. The van der Waals surface area contributed by atoms with Crippen LogP contribution in [0.4, 0.5) is 4.39 Å². The molecule has 5 heteroatoms. The van der Waals surface area contributed by atoms with Gasteiger partial charge in [0.15, 0.2) is 0 Å². The number of hydrogen-bond donors (Lipinski definition) is 1. The first-order chi connectivity index (χ1) is 10.1. The zero-order valence-electron chi connectivity index (χ0n) is 12.6. The van der Waals surface area contributed by atoms with Gasteiger partial charge in [-0.1, -0.05) is 12.1 Å². The van der Waals surface area contributed by atoms with E-state index >= 15 is 0 Å². The van der Waals surface area contributed by atoms with E-state index in [-0.39, 0.29) is 23.8 Å². The van der Waals surface area contributed by atoms with Gasteiger partial charge in [0, 0.05) is 19.1 Å². The summed E-state index contributed by atoms with van der Waals surface area (Å²) in [4.78, 5) is 14.1. The highest BCUT2D eigenvalue weighted by Crippen LogP contribution is 2.07. The summed E-state index contributed by atoms with van der Waals surface area (Å²) in [5.74, 6) is -0.112. The molecule has 4 nitrogen and oxygen atoms in total. The average Bonchev–Trinajstić information content (AvgIpc) is 2.49. The van der Waals surface area contributed by atoms with Crippen molar-refractivity contribution in [1.82, 2.24) is 10.2 Å². The zero-order chi connectivity index (χ0) is 15.2.